The molecular weight excluding hydrogens is 404 g/mol. The van der Waals surface area contributed by atoms with Crippen LogP contribution in [-0.4, -0.2) is 32.5 Å². The van der Waals surface area contributed by atoms with Crippen LogP contribution >= 0.6 is 11.6 Å². The Morgan fingerprint density at radius 2 is 1.97 bits per heavy atom. The number of pyridine rings is 1. The van der Waals surface area contributed by atoms with E-state index in [-0.39, 0.29) is 17.3 Å². The molecule has 3 aromatic rings. The number of nitrogens with zero attached hydrogens (tertiary/aromatic N) is 3. The van der Waals surface area contributed by atoms with Crippen LogP contribution in [0.2, 0.25) is 5.02 Å². The van der Waals surface area contributed by atoms with Gasteiger partial charge in [-0.05, 0) is 49.6 Å². The number of halogens is 1. The first-order valence-electron chi connectivity index (χ1n) is 9.90. The van der Waals surface area contributed by atoms with Gasteiger partial charge in [0, 0.05) is 48.7 Å². The van der Waals surface area contributed by atoms with Gasteiger partial charge in [0.1, 0.15) is 11.5 Å². The fourth-order valence-corrected chi connectivity index (χ4v) is 3.92. The van der Waals surface area contributed by atoms with Crippen LogP contribution in [0.15, 0.2) is 58.5 Å². The molecule has 0 atom stereocenters. The number of aromatic amines is 1. The number of hydrogen-bond acceptors (Lipinski definition) is 5. The van der Waals surface area contributed by atoms with E-state index in [1.165, 1.54) is 0 Å². The van der Waals surface area contributed by atoms with Gasteiger partial charge in [-0.2, -0.15) is 0 Å². The lowest BCUT2D eigenvalue weighted by Crippen LogP contribution is -2.39. The van der Waals surface area contributed by atoms with E-state index in [1.807, 2.05) is 24.4 Å². The van der Waals surface area contributed by atoms with Crippen molar-refractivity contribution in [2.24, 2.45) is 0 Å². The largest absolute Gasteiger partial charge is 0.456 e. The molecule has 7 nitrogen and oxygen atoms in total. The van der Waals surface area contributed by atoms with Crippen LogP contribution in [0, 0.1) is 6.92 Å². The second kappa shape index (κ2) is 8.85. The maximum Gasteiger partial charge on any atom is 0.328 e. The highest BCUT2D eigenvalue weighted by molar-refractivity contribution is 6.30. The molecule has 8 heteroatoms. The van der Waals surface area contributed by atoms with Crippen molar-refractivity contribution >= 4 is 11.6 Å². The van der Waals surface area contributed by atoms with Crippen LogP contribution in [0.5, 0.6) is 11.5 Å². The molecule has 0 bridgehead atoms. The third-order valence-corrected chi connectivity index (χ3v) is 5.54. The first kappa shape index (κ1) is 20.4. The number of nitrogens with one attached hydrogen (secondary N) is 1. The molecule has 0 saturated carbocycles. The molecule has 0 aliphatic carbocycles. The van der Waals surface area contributed by atoms with Crippen molar-refractivity contribution in [1.29, 1.82) is 0 Å². The first-order valence-corrected chi connectivity index (χ1v) is 10.3. The standard InChI is InChI=1S/C22H23ClN4O3/c1-15-13-27(22(29)25-21(15)28)18-5-7-26(8-6-18)14-16-9-20(12-24-11-16)30-19-4-2-3-17(23)10-19/h2-4,9-13,18H,5-8,14H2,1H3,(H,25,28,29). The SMILES string of the molecule is Cc1cn(C2CCN(Cc3cncc(Oc4cccc(Cl)c4)c3)CC2)c(=O)[nH]c1=O. The molecule has 1 aliphatic heterocycles. The van der Waals surface area contributed by atoms with Gasteiger partial charge in [-0.3, -0.25) is 24.2 Å². The van der Waals surface area contributed by atoms with Crippen LogP contribution in [0.3, 0.4) is 0 Å². The summed E-state index contributed by atoms with van der Waals surface area (Å²) in [5.41, 5.74) is 0.963. The number of H-pyrrole nitrogens is 1. The molecule has 1 saturated heterocycles. The van der Waals surface area contributed by atoms with E-state index in [0.717, 1.165) is 38.0 Å². The average molecular weight is 427 g/mol. The molecule has 1 aliphatic rings. The molecule has 1 fully saturated rings. The minimum atomic E-state index is -0.334. The van der Waals surface area contributed by atoms with Gasteiger partial charge in [0.05, 0.1) is 6.20 Å². The van der Waals surface area contributed by atoms with Crippen molar-refractivity contribution < 1.29 is 4.74 Å². The second-order valence-corrected chi connectivity index (χ2v) is 8.01. The highest BCUT2D eigenvalue weighted by Gasteiger charge is 2.22. The van der Waals surface area contributed by atoms with Crippen molar-refractivity contribution in [3.05, 3.63) is 85.9 Å². The Balaban J connectivity index is 1.38. The van der Waals surface area contributed by atoms with Gasteiger partial charge in [0.2, 0.25) is 0 Å². The maximum absolute atomic E-state index is 12.1. The molecule has 1 aromatic carbocycles. The quantitative estimate of drug-likeness (QED) is 0.675. The number of aromatic nitrogens is 3. The van der Waals surface area contributed by atoms with E-state index in [4.69, 9.17) is 16.3 Å². The van der Waals surface area contributed by atoms with Gasteiger partial charge < -0.3 is 4.74 Å². The van der Waals surface area contributed by atoms with Crippen molar-refractivity contribution in [3.8, 4) is 11.5 Å². The number of hydrogen-bond donors (Lipinski definition) is 1. The van der Waals surface area contributed by atoms with E-state index in [1.54, 1.807) is 36.0 Å². The summed E-state index contributed by atoms with van der Waals surface area (Å²) in [5.74, 6) is 1.34. The van der Waals surface area contributed by atoms with Crippen molar-refractivity contribution in [1.82, 2.24) is 19.4 Å². The Bertz CT molecular complexity index is 1150. The average Bonchev–Trinajstić information content (AvgIpc) is 2.72. The second-order valence-electron chi connectivity index (χ2n) is 7.57. The lowest BCUT2D eigenvalue weighted by Gasteiger charge is -2.32. The van der Waals surface area contributed by atoms with Gasteiger partial charge >= 0.3 is 5.69 Å². The Hall–Kier alpha value is -2.90. The van der Waals surface area contributed by atoms with E-state index in [2.05, 4.69) is 14.9 Å². The molecule has 0 unspecified atom stereocenters. The topological polar surface area (TPSA) is 80.2 Å². The summed E-state index contributed by atoms with van der Waals surface area (Å²) >= 11 is 6.01. The Labute approximate surface area is 178 Å². The summed E-state index contributed by atoms with van der Waals surface area (Å²) in [5, 5.41) is 0.622. The number of likely N-dealkylation sites (tertiary alicyclic amines) is 1. The summed E-state index contributed by atoms with van der Waals surface area (Å²) in [4.78, 5) is 32.7. The van der Waals surface area contributed by atoms with E-state index in [0.29, 0.717) is 22.1 Å². The first-order chi connectivity index (χ1) is 14.5. The molecule has 2 aromatic heterocycles. The zero-order valence-corrected chi connectivity index (χ0v) is 17.4. The van der Waals surface area contributed by atoms with Crippen LogP contribution in [-0.2, 0) is 6.54 Å². The van der Waals surface area contributed by atoms with Crippen molar-refractivity contribution in [2.45, 2.75) is 32.4 Å². The monoisotopic (exact) mass is 426 g/mol. The third-order valence-electron chi connectivity index (χ3n) is 5.30. The van der Waals surface area contributed by atoms with Gasteiger partial charge in [-0.15, -0.1) is 0 Å². The lowest BCUT2D eigenvalue weighted by molar-refractivity contribution is 0.176. The van der Waals surface area contributed by atoms with Gasteiger partial charge in [0.25, 0.3) is 5.56 Å². The minimum absolute atomic E-state index is 0.0971. The maximum atomic E-state index is 12.1. The van der Waals surface area contributed by atoms with Crippen LogP contribution in [0.1, 0.15) is 30.0 Å². The van der Waals surface area contributed by atoms with Gasteiger partial charge in [-0.25, -0.2) is 4.79 Å². The lowest BCUT2D eigenvalue weighted by atomic mass is 10.0. The van der Waals surface area contributed by atoms with Gasteiger partial charge in [0.15, 0.2) is 0 Å². The fourth-order valence-electron chi connectivity index (χ4n) is 3.74. The predicted molar refractivity (Wildman–Crippen MR) is 115 cm³/mol. The van der Waals surface area contributed by atoms with Crippen LogP contribution in [0.25, 0.3) is 0 Å². The Morgan fingerprint density at radius 3 is 2.73 bits per heavy atom. The predicted octanol–water partition coefficient (Wildman–Crippen LogP) is 3.52. The van der Waals surface area contributed by atoms with Gasteiger partial charge in [-0.1, -0.05) is 17.7 Å². The smallest absolute Gasteiger partial charge is 0.328 e. The molecule has 0 amide bonds. The third kappa shape index (κ3) is 4.80. The molecule has 156 valence electrons. The number of aryl methyl sites for hydroxylation is 1. The van der Waals surface area contributed by atoms with E-state index in [9.17, 15) is 9.59 Å². The van der Waals surface area contributed by atoms with E-state index < -0.39 is 0 Å². The fraction of sp³-hybridized carbons (Fsp3) is 0.318. The number of benzene rings is 1. The summed E-state index contributed by atoms with van der Waals surface area (Å²) in [6.07, 6.45) is 6.88. The zero-order chi connectivity index (χ0) is 21.1. The number of piperidine rings is 1. The Morgan fingerprint density at radius 1 is 1.17 bits per heavy atom. The zero-order valence-electron chi connectivity index (χ0n) is 16.7. The Kier molecular flexibility index (Phi) is 6.01. The van der Waals surface area contributed by atoms with Crippen molar-refractivity contribution in [2.75, 3.05) is 13.1 Å². The van der Waals surface area contributed by atoms with Crippen LogP contribution in [0.4, 0.5) is 0 Å². The summed E-state index contributed by atoms with van der Waals surface area (Å²) in [7, 11) is 0. The van der Waals surface area contributed by atoms with Crippen molar-refractivity contribution in [3.63, 3.8) is 0 Å². The van der Waals surface area contributed by atoms with E-state index >= 15 is 0 Å². The van der Waals surface area contributed by atoms with Crippen LogP contribution < -0.4 is 16.0 Å². The molecule has 4 rings (SSSR count). The highest BCUT2D eigenvalue weighted by Crippen LogP contribution is 2.26. The number of rotatable bonds is 5. The summed E-state index contributed by atoms with van der Waals surface area (Å²) < 4.78 is 7.53. The summed E-state index contributed by atoms with van der Waals surface area (Å²) in [6, 6.07) is 9.34. The summed E-state index contributed by atoms with van der Waals surface area (Å²) in [6.45, 7) is 4.19. The highest BCUT2D eigenvalue weighted by atomic mass is 35.5. The molecular formula is C22H23ClN4O3. The molecule has 0 radical (unpaired) electrons. The molecule has 1 N–H and O–H groups in total. The molecule has 3 heterocycles. The molecule has 0 spiro atoms. The minimum Gasteiger partial charge on any atom is -0.456 e. The normalized spacial score (nSPS) is 15.3. The molecule has 30 heavy (non-hydrogen) atoms. The number of ether oxygens (including phenoxy) is 1.